The molecule has 0 radical (unpaired) electrons. The molecule has 0 saturated heterocycles. The topological polar surface area (TPSA) is 82.8 Å². The molecule has 1 aromatic carbocycles. The average molecular weight is 403 g/mol. The third-order valence-corrected chi connectivity index (χ3v) is 5.06. The molecule has 5 rings (SSSR count). The van der Waals surface area contributed by atoms with E-state index < -0.39 is 5.97 Å². The van der Waals surface area contributed by atoms with Gasteiger partial charge in [0.15, 0.2) is 5.69 Å². The average Bonchev–Trinajstić information content (AvgIpc) is 3.54. The lowest BCUT2D eigenvalue weighted by molar-refractivity contribution is 0.0519. The van der Waals surface area contributed by atoms with Gasteiger partial charge in [-0.25, -0.2) is 24.1 Å². The first-order chi connectivity index (χ1) is 14.7. The Labute approximate surface area is 171 Å². The van der Waals surface area contributed by atoms with Crippen molar-refractivity contribution in [3.8, 4) is 17.1 Å². The van der Waals surface area contributed by atoms with Gasteiger partial charge in [0.05, 0.1) is 17.8 Å². The predicted octanol–water partition coefficient (Wildman–Crippen LogP) is 4.07. The van der Waals surface area contributed by atoms with Crippen LogP contribution in [0.2, 0.25) is 0 Å². The maximum Gasteiger partial charge on any atom is 0.356 e. The number of pyridine rings is 1. The van der Waals surface area contributed by atoms with Gasteiger partial charge < -0.3 is 4.74 Å². The van der Waals surface area contributed by atoms with Crippen molar-refractivity contribution in [2.45, 2.75) is 25.7 Å². The predicted molar refractivity (Wildman–Crippen MR) is 108 cm³/mol. The van der Waals surface area contributed by atoms with Crippen molar-refractivity contribution >= 4 is 16.9 Å². The van der Waals surface area contributed by atoms with Gasteiger partial charge in [0.25, 0.3) is 5.95 Å². The van der Waals surface area contributed by atoms with Crippen LogP contribution in [0, 0.1) is 5.82 Å². The van der Waals surface area contributed by atoms with Crippen molar-refractivity contribution in [2.24, 2.45) is 0 Å². The second-order valence-electron chi connectivity index (χ2n) is 7.13. The van der Waals surface area contributed by atoms with Crippen LogP contribution in [0.15, 0.2) is 48.9 Å². The Kier molecular flexibility index (Phi) is 4.46. The monoisotopic (exact) mass is 403 g/mol. The van der Waals surface area contributed by atoms with Gasteiger partial charge in [-0.1, -0.05) is 18.2 Å². The Balaban J connectivity index is 1.60. The van der Waals surface area contributed by atoms with Gasteiger partial charge in [-0.2, -0.15) is 9.78 Å². The lowest BCUT2D eigenvalue weighted by atomic mass is 10.1. The standard InChI is InChI=1S/C22H18FN5O2/c1-2-30-21(29)18-9-19-16(12-24-18)20(13-7-8-13)27-28(19)22-25-10-14(11-26-22)15-5-3-4-6-17(15)23/h3-6,9-13H,2,7-8H2,1H3. The zero-order valence-electron chi connectivity index (χ0n) is 16.2. The molecule has 1 saturated carbocycles. The third kappa shape index (κ3) is 3.20. The highest BCUT2D eigenvalue weighted by molar-refractivity contribution is 5.93. The smallest absolute Gasteiger partial charge is 0.356 e. The Morgan fingerprint density at radius 3 is 2.63 bits per heavy atom. The molecule has 1 fully saturated rings. The summed E-state index contributed by atoms with van der Waals surface area (Å²) in [6, 6.07) is 8.13. The number of ether oxygens (including phenoxy) is 1. The Bertz CT molecular complexity index is 1250. The molecular formula is C22H18FN5O2. The number of carbonyl (C=O) groups excluding carboxylic acids is 1. The van der Waals surface area contributed by atoms with E-state index in [9.17, 15) is 9.18 Å². The molecule has 3 heterocycles. The molecule has 0 bridgehead atoms. The number of hydrogen-bond donors (Lipinski definition) is 0. The van der Waals surface area contributed by atoms with Crippen LogP contribution in [-0.4, -0.2) is 37.3 Å². The van der Waals surface area contributed by atoms with Crippen molar-refractivity contribution < 1.29 is 13.9 Å². The number of fused-ring (bicyclic) bond motifs is 1. The van der Waals surface area contributed by atoms with Gasteiger partial charge in [-0.15, -0.1) is 0 Å². The number of nitrogens with zero attached hydrogens (tertiary/aromatic N) is 5. The fraction of sp³-hybridized carbons (Fsp3) is 0.227. The third-order valence-electron chi connectivity index (χ3n) is 5.06. The van der Waals surface area contributed by atoms with Gasteiger partial charge in [0.1, 0.15) is 5.82 Å². The number of hydrogen-bond acceptors (Lipinski definition) is 6. The van der Waals surface area contributed by atoms with Crippen molar-refractivity contribution in [1.82, 2.24) is 24.7 Å². The van der Waals surface area contributed by atoms with E-state index >= 15 is 0 Å². The molecule has 8 heteroatoms. The van der Waals surface area contributed by atoms with E-state index in [1.165, 1.54) is 6.07 Å². The Morgan fingerprint density at radius 1 is 1.17 bits per heavy atom. The molecule has 30 heavy (non-hydrogen) atoms. The largest absolute Gasteiger partial charge is 0.461 e. The summed E-state index contributed by atoms with van der Waals surface area (Å²) in [6.07, 6.45) is 6.93. The molecule has 0 N–H and O–H groups in total. The summed E-state index contributed by atoms with van der Waals surface area (Å²) in [5.74, 6) is -0.106. The molecule has 0 unspecified atom stereocenters. The Hall–Kier alpha value is -3.68. The van der Waals surface area contributed by atoms with E-state index in [2.05, 4.69) is 15.0 Å². The zero-order chi connectivity index (χ0) is 20.7. The molecule has 4 aromatic rings. The number of carbonyl (C=O) groups is 1. The number of benzene rings is 1. The van der Waals surface area contributed by atoms with Gasteiger partial charge in [-0.3, -0.25) is 0 Å². The maximum absolute atomic E-state index is 14.1. The minimum atomic E-state index is -0.490. The number of halogens is 1. The molecule has 150 valence electrons. The maximum atomic E-state index is 14.1. The highest BCUT2D eigenvalue weighted by atomic mass is 19.1. The highest BCUT2D eigenvalue weighted by Gasteiger charge is 2.30. The van der Waals surface area contributed by atoms with Crippen LogP contribution in [0.1, 0.15) is 41.9 Å². The number of esters is 1. The van der Waals surface area contributed by atoms with E-state index in [0.717, 1.165) is 23.9 Å². The van der Waals surface area contributed by atoms with Crippen LogP contribution in [-0.2, 0) is 4.74 Å². The van der Waals surface area contributed by atoms with Crippen LogP contribution in [0.3, 0.4) is 0 Å². The molecule has 0 amide bonds. The van der Waals surface area contributed by atoms with E-state index in [0.29, 0.717) is 28.5 Å². The van der Waals surface area contributed by atoms with E-state index in [4.69, 9.17) is 9.84 Å². The van der Waals surface area contributed by atoms with Gasteiger partial charge in [0, 0.05) is 41.0 Å². The molecule has 0 spiro atoms. The van der Waals surface area contributed by atoms with Gasteiger partial charge in [-0.05, 0) is 31.9 Å². The zero-order valence-corrected chi connectivity index (χ0v) is 16.2. The summed E-state index contributed by atoms with van der Waals surface area (Å²) in [5.41, 5.74) is 2.82. The molecule has 3 aromatic heterocycles. The fourth-order valence-electron chi connectivity index (χ4n) is 3.43. The van der Waals surface area contributed by atoms with E-state index in [1.54, 1.807) is 54.5 Å². The summed E-state index contributed by atoms with van der Waals surface area (Å²) in [7, 11) is 0. The van der Waals surface area contributed by atoms with Gasteiger partial charge in [0.2, 0.25) is 0 Å². The second kappa shape index (κ2) is 7.29. The van der Waals surface area contributed by atoms with Crippen LogP contribution >= 0.6 is 0 Å². The lowest BCUT2D eigenvalue weighted by Crippen LogP contribution is -2.08. The van der Waals surface area contributed by atoms with Gasteiger partial charge >= 0.3 is 5.97 Å². The van der Waals surface area contributed by atoms with Crippen LogP contribution in [0.4, 0.5) is 4.39 Å². The quantitative estimate of drug-likeness (QED) is 0.467. The molecular weight excluding hydrogens is 385 g/mol. The second-order valence-corrected chi connectivity index (χ2v) is 7.13. The molecule has 7 nitrogen and oxygen atoms in total. The molecule has 0 atom stereocenters. The first-order valence-corrected chi connectivity index (χ1v) is 9.79. The molecule has 1 aliphatic carbocycles. The summed E-state index contributed by atoms with van der Waals surface area (Å²) < 4.78 is 20.7. The van der Waals surface area contributed by atoms with E-state index in [1.807, 2.05) is 0 Å². The first-order valence-electron chi connectivity index (χ1n) is 9.79. The van der Waals surface area contributed by atoms with Crippen LogP contribution < -0.4 is 0 Å². The minimum Gasteiger partial charge on any atom is -0.461 e. The summed E-state index contributed by atoms with van der Waals surface area (Å²) in [4.78, 5) is 25.2. The molecule has 1 aliphatic rings. The summed E-state index contributed by atoms with van der Waals surface area (Å²) >= 11 is 0. The lowest BCUT2D eigenvalue weighted by Gasteiger charge is -2.05. The van der Waals surface area contributed by atoms with E-state index in [-0.39, 0.29) is 18.1 Å². The van der Waals surface area contributed by atoms with Crippen molar-refractivity contribution in [3.05, 3.63) is 66.1 Å². The van der Waals surface area contributed by atoms with Crippen LogP contribution in [0.25, 0.3) is 28.0 Å². The van der Waals surface area contributed by atoms with Crippen LogP contribution in [0.5, 0.6) is 0 Å². The summed E-state index contributed by atoms with van der Waals surface area (Å²) in [6.45, 7) is 2.02. The minimum absolute atomic E-state index is 0.204. The van der Waals surface area contributed by atoms with Crippen molar-refractivity contribution in [1.29, 1.82) is 0 Å². The first kappa shape index (κ1) is 18.4. The van der Waals surface area contributed by atoms with Crippen molar-refractivity contribution in [3.63, 3.8) is 0 Å². The summed E-state index contributed by atoms with van der Waals surface area (Å²) in [5, 5.41) is 5.58. The molecule has 0 aliphatic heterocycles. The van der Waals surface area contributed by atoms with Crippen molar-refractivity contribution in [2.75, 3.05) is 6.61 Å². The normalized spacial score (nSPS) is 13.5. The SMILES string of the molecule is CCOC(=O)c1cc2c(cn1)c(C1CC1)nn2-c1ncc(-c2ccccc2F)cn1. The fourth-order valence-corrected chi connectivity index (χ4v) is 3.43. The Morgan fingerprint density at radius 2 is 1.93 bits per heavy atom. The number of rotatable bonds is 5. The number of aromatic nitrogens is 5. The highest BCUT2D eigenvalue weighted by Crippen LogP contribution is 2.42.